The van der Waals surface area contributed by atoms with E-state index in [1.54, 1.807) is 12.1 Å². The van der Waals surface area contributed by atoms with Gasteiger partial charge >= 0.3 is 0 Å². The number of nitrogens with zero attached hydrogens (tertiary/aromatic N) is 1. The molecule has 2 aliphatic heterocycles. The standard InChI is InChI=1S/C15H21FN2/c1-11(5-12-3-2-4-15(16)6-12)18-9-13-7-17-8-14(13)10-18/h2-4,6,11,13-14,17H,5,7-10H2,1H3/t11?,13-,14+. The van der Waals surface area contributed by atoms with Crippen LogP contribution in [0.4, 0.5) is 4.39 Å². The van der Waals surface area contributed by atoms with Crippen LogP contribution in [-0.4, -0.2) is 37.1 Å². The lowest BCUT2D eigenvalue weighted by molar-refractivity contribution is 0.239. The molecule has 3 heteroatoms. The van der Waals surface area contributed by atoms with Crippen molar-refractivity contribution in [1.29, 1.82) is 0 Å². The van der Waals surface area contributed by atoms with Gasteiger partial charge < -0.3 is 5.32 Å². The zero-order valence-electron chi connectivity index (χ0n) is 10.9. The van der Waals surface area contributed by atoms with Gasteiger partial charge in [-0.05, 0) is 56.0 Å². The van der Waals surface area contributed by atoms with Gasteiger partial charge in [-0.3, -0.25) is 4.90 Å². The van der Waals surface area contributed by atoms with E-state index in [9.17, 15) is 4.39 Å². The zero-order valence-corrected chi connectivity index (χ0v) is 10.9. The molecule has 1 aromatic rings. The van der Waals surface area contributed by atoms with Crippen molar-refractivity contribution >= 4 is 0 Å². The third-order valence-corrected chi connectivity index (χ3v) is 4.46. The highest BCUT2D eigenvalue weighted by molar-refractivity contribution is 5.17. The maximum atomic E-state index is 13.2. The molecule has 0 spiro atoms. The predicted octanol–water partition coefficient (Wildman–Crippen LogP) is 1.91. The Hall–Kier alpha value is -0.930. The van der Waals surface area contributed by atoms with Gasteiger partial charge in [0.05, 0.1) is 0 Å². The summed E-state index contributed by atoms with van der Waals surface area (Å²) in [4.78, 5) is 2.57. The molecule has 1 N–H and O–H groups in total. The van der Waals surface area contributed by atoms with Gasteiger partial charge in [-0.1, -0.05) is 12.1 Å². The number of nitrogens with one attached hydrogen (secondary N) is 1. The van der Waals surface area contributed by atoms with E-state index < -0.39 is 0 Å². The number of hydrogen-bond donors (Lipinski definition) is 1. The van der Waals surface area contributed by atoms with Gasteiger partial charge in [-0.25, -0.2) is 4.39 Å². The van der Waals surface area contributed by atoms with E-state index in [0.29, 0.717) is 6.04 Å². The highest BCUT2D eigenvalue weighted by Gasteiger charge is 2.37. The van der Waals surface area contributed by atoms with Gasteiger partial charge in [0.2, 0.25) is 0 Å². The lowest BCUT2D eigenvalue weighted by Crippen LogP contribution is -2.35. The van der Waals surface area contributed by atoms with Crippen molar-refractivity contribution in [3.8, 4) is 0 Å². The molecule has 1 unspecified atom stereocenters. The molecule has 0 aromatic heterocycles. The Morgan fingerprint density at radius 2 is 2.06 bits per heavy atom. The van der Waals surface area contributed by atoms with Crippen molar-refractivity contribution in [1.82, 2.24) is 10.2 Å². The van der Waals surface area contributed by atoms with E-state index in [-0.39, 0.29) is 5.82 Å². The fraction of sp³-hybridized carbons (Fsp3) is 0.600. The Morgan fingerprint density at radius 3 is 2.72 bits per heavy atom. The van der Waals surface area contributed by atoms with E-state index in [2.05, 4.69) is 17.1 Å². The molecule has 0 saturated carbocycles. The Balaban J connectivity index is 1.60. The van der Waals surface area contributed by atoms with E-state index in [4.69, 9.17) is 0 Å². The summed E-state index contributed by atoms with van der Waals surface area (Å²) in [6, 6.07) is 7.52. The van der Waals surface area contributed by atoms with E-state index in [1.807, 2.05) is 6.07 Å². The maximum Gasteiger partial charge on any atom is 0.123 e. The van der Waals surface area contributed by atoms with Crippen LogP contribution in [0.3, 0.4) is 0 Å². The number of likely N-dealkylation sites (tertiary alicyclic amines) is 1. The normalized spacial score (nSPS) is 29.4. The first-order valence-corrected chi connectivity index (χ1v) is 6.91. The summed E-state index contributed by atoms with van der Waals surface area (Å²) in [5, 5.41) is 3.46. The van der Waals surface area contributed by atoms with Crippen LogP contribution < -0.4 is 5.32 Å². The maximum absolute atomic E-state index is 13.2. The van der Waals surface area contributed by atoms with Gasteiger partial charge in [0, 0.05) is 19.1 Å². The molecule has 2 saturated heterocycles. The van der Waals surface area contributed by atoms with Gasteiger partial charge in [-0.2, -0.15) is 0 Å². The summed E-state index contributed by atoms with van der Waals surface area (Å²) >= 11 is 0. The molecule has 0 bridgehead atoms. The first-order valence-electron chi connectivity index (χ1n) is 6.91. The minimum atomic E-state index is -0.123. The van der Waals surface area contributed by atoms with Crippen molar-refractivity contribution in [3.05, 3.63) is 35.6 Å². The van der Waals surface area contributed by atoms with E-state index in [0.717, 1.165) is 23.8 Å². The molecule has 0 aliphatic carbocycles. The lowest BCUT2D eigenvalue weighted by Gasteiger charge is -2.25. The van der Waals surface area contributed by atoms with Crippen molar-refractivity contribution in [2.45, 2.75) is 19.4 Å². The summed E-state index contributed by atoms with van der Waals surface area (Å²) in [7, 11) is 0. The lowest BCUT2D eigenvalue weighted by atomic mass is 10.0. The molecule has 0 radical (unpaired) electrons. The minimum Gasteiger partial charge on any atom is -0.316 e. The minimum absolute atomic E-state index is 0.123. The van der Waals surface area contributed by atoms with E-state index >= 15 is 0 Å². The van der Waals surface area contributed by atoms with Crippen molar-refractivity contribution in [2.24, 2.45) is 11.8 Å². The molecule has 98 valence electrons. The number of fused-ring (bicyclic) bond motifs is 1. The van der Waals surface area contributed by atoms with E-state index in [1.165, 1.54) is 32.2 Å². The number of halogens is 1. The summed E-state index contributed by atoms with van der Waals surface area (Å²) in [6.07, 6.45) is 0.949. The quantitative estimate of drug-likeness (QED) is 0.879. The van der Waals surface area contributed by atoms with Gasteiger partial charge in [0.1, 0.15) is 5.82 Å². The Kier molecular flexibility index (Phi) is 3.35. The number of rotatable bonds is 3. The zero-order chi connectivity index (χ0) is 12.5. The highest BCUT2D eigenvalue weighted by Crippen LogP contribution is 2.28. The number of benzene rings is 1. The molecule has 2 fully saturated rings. The van der Waals surface area contributed by atoms with Gasteiger partial charge in [-0.15, -0.1) is 0 Å². The molecular weight excluding hydrogens is 227 g/mol. The second-order valence-electron chi connectivity index (χ2n) is 5.82. The van der Waals surface area contributed by atoms with Crippen LogP contribution >= 0.6 is 0 Å². The summed E-state index contributed by atoms with van der Waals surface area (Å²) in [5.74, 6) is 1.54. The van der Waals surface area contributed by atoms with Crippen LogP contribution in [0.1, 0.15) is 12.5 Å². The Morgan fingerprint density at radius 1 is 1.33 bits per heavy atom. The molecular formula is C15H21FN2. The van der Waals surface area contributed by atoms with Crippen molar-refractivity contribution in [2.75, 3.05) is 26.2 Å². The average molecular weight is 248 g/mol. The van der Waals surface area contributed by atoms with Crippen LogP contribution in [0.5, 0.6) is 0 Å². The number of hydrogen-bond acceptors (Lipinski definition) is 2. The summed E-state index contributed by atoms with van der Waals surface area (Å²) < 4.78 is 13.2. The molecule has 2 nitrogen and oxygen atoms in total. The fourth-order valence-electron chi connectivity index (χ4n) is 3.39. The summed E-state index contributed by atoms with van der Waals surface area (Å²) in [5.41, 5.74) is 1.11. The molecule has 0 amide bonds. The topological polar surface area (TPSA) is 15.3 Å². The first-order chi connectivity index (χ1) is 8.72. The second kappa shape index (κ2) is 4.98. The van der Waals surface area contributed by atoms with Crippen LogP contribution in [0.2, 0.25) is 0 Å². The van der Waals surface area contributed by atoms with Crippen LogP contribution in [0.25, 0.3) is 0 Å². The largest absolute Gasteiger partial charge is 0.316 e. The van der Waals surface area contributed by atoms with Gasteiger partial charge in [0.15, 0.2) is 0 Å². The summed E-state index contributed by atoms with van der Waals surface area (Å²) in [6.45, 7) is 7.02. The predicted molar refractivity (Wildman–Crippen MR) is 71.0 cm³/mol. The third kappa shape index (κ3) is 2.43. The first kappa shape index (κ1) is 12.1. The molecule has 2 aliphatic rings. The monoisotopic (exact) mass is 248 g/mol. The smallest absolute Gasteiger partial charge is 0.123 e. The second-order valence-corrected chi connectivity index (χ2v) is 5.82. The van der Waals surface area contributed by atoms with Crippen LogP contribution in [0, 0.1) is 17.7 Å². The molecule has 1 aromatic carbocycles. The highest BCUT2D eigenvalue weighted by atomic mass is 19.1. The van der Waals surface area contributed by atoms with Gasteiger partial charge in [0.25, 0.3) is 0 Å². The van der Waals surface area contributed by atoms with Crippen LogP contribution in [0.15, 0.2) is 24.3 Å². The molecule has 18 heavy (non-hydrogen) atoms. The molecule has 3 rings (SSSR count). The Labute approximate surface area is 108 Å². The Bertz CT molecular complexity index is 409. The van der Waals surface area contributed by atoms with Crippen molar-refractivity contribution in [3.63, 3.8) is 0 Å². The third-order valence-electron chi connectivity index (χ3n) is 4.46. The average Bonchev–Trinajstić information content (AvgIpc) is 2.88. The molecule has 2 heterocycles. The van der Waals surface area contributed by atoms with Crippen molar-refractivity contribution < 1.29 is 4.39 Å². The SMILES string of the molecule is CC(Cc1cccc(F)c1)N1C[C@H]2CNC[C@H]2C1. The molecule has 3 atom stereocenters. The fourth-order valence-corrected chi connectivity index (χ4v) is 3.39. The van der Waals surface area contributed by atoms with Crippen LogP contribution in [-0.2, 0) is 6.42 Å².